The number of aromatic nitrogens is 2. The van der Waals surface area contributed by atoms with Crippen molar-refractivity contribution in [2.75, 3.05) is 6.61 Å². The van der Waals surface area contributed by atoms with Crippen molar-refractivity contribution < 1.29 is 19.5 Å². The Morgan fingerprint density at radius 2 is 1.62 bits per heavy atom. The number of hydrogen-bond donors (Lipinski definition) is 2. The summed E-state index contributed by atoms with van der Waals surface area (Å²) in [7, 11) is 0. The zero-order valence-corrected chi connectivity index (χ0v) is 22.2. The summed E-state index contributed by atoms with van der Waals surface area (Å²) in [6.45, 7) is -0.594. The average molecular weight is 536 g/mol. The van der Waals surface area contributed by atoms with Crippen LogP contribution in [0.1, 0.15) is 82.4 Å². The van der Waals surface area contributed by atoms with Gasteiger partial charge in [0.05, 0.1) is 11.0 Å². The second kappa shape index (κ2) is 10.7. The van der Waals surface area contributed by atoms with E-state index >= 15 is 0 Å². The van der Waals surface area contributed by atoms with E-state index in [1.165, 1.54) is 44.9 Å². The molecule has 2 aromatic rings. The molecule has 1 amide bonds. The summed E-state index contributed by atoms with van der Waals surface area (Å²) in [6.07, 6.45) is 13.3. The number of rotatable bonds is 7. The standard InChI is InChI=1S/C29H37N5O5/c30-25(35)16-39-32-27(29(37)38)26-28(36)34(24-10-2-1-9-23(24)31-26)22-14-19-7-4-8-20(15-22)33(19)21-12-17-5-3-6-18(11-17)13-21/h1-2,9-10,17-22H,3-8,11-16H2,(H2,30,35)(H,37,38)/b32-27-/t17?,18?,19-,20+,21?,22?. The molecular weight excluding hydrogens is 498 g/mol. The van der Waals surface area contributed by atoms with Crippen LogP contribution in [0.25, 0.3) is 11.0 Å². The summed E-state index contributed by atoms with van der Waals surface area (Å²) in [4.78, 5) is 49.2. The predicted octanol–water partition coefficient (Wildman–Crippen LogP) is 3.21. The molecule has 2 saturated heterocycles. The molecule has 3 N–H and O–H groups in total. The van der Waals surface area contributed by atoms with Gasteiger partial charge in [0, 0.05) is 24.2 Å². The topological polar surface area (TPSA) is 140 Å². The number of hydrogen-bond acceptors (Lipinski definition) is 7. The summed E-state index contributed by atoms with van der Waals surface area (Å²) < 4.78 is 1.75. The van der Waals surface area contributed by atoms with Crippen molar-refractivity contribution in [1.29, 1.82) is 0 Å². The Balaban J connectivity index is 1.35. The molecule has 6 rings (SSSR count). The summed E-state index contributed by atoms with van der Waals surface area (Å²) in [5, 5.41) is 13.4. The van der Waals surface area contributed by atoms with E-state index < -0.39 is 29.8 Å². The third-order valence-electron chi connectivity index (χ3n) is 9.48. The molecule has 2 aliphatic carbocycles. The summed E-state index contributed by atoms with van der Waals surface area (Å²) in [5.41, 5.74) is 4.87. The van der Waals surface area contributed by atoms with Crippen molar-refractivity contribution in [3.05, 3.63) is 40.3 Å². The van der Waals surface area contributed by atoms with Crippen molar-refractivity contribution in [2.24, 2.45) is 22.7 Å². The minimum atomic E-state index is -1.46. The van der Waals surface area contributed by atoms with Crippen LogP contribution < -0.4 is 11.3 Å². The Morgan fingerprint density at radius 1 is 0.949 bits per heavy atom. The number of aliphatic carboxylic acids is 1. The number of nitrogens with zero attached hydrogens (tertiary/aromatic N) is 4. The number of carboxylic acids is 1. The third kappa shape index (κ3) is 5.06. The lowest BCUT2D eigenvalue weighted by molar-refractivity contribution is -0.130. The minimum absolute atomic E-state index is 0.0691. The van der Waals surface area contributed by atoms with Gasteiger partial charge in [0.25, 0.3) is 11.5 Å². The van der Waals surface area contributed by atoms with E-state index in [1.54, 1.807) is 10.6 Å². The molecule has 0 radical (unpaired) electrons. The number of oxime groups is 1. The minimum Gasteiger partial charge on any atom is -0.476 e. The van der Waals surface area contributed by atoms with E-state index in [1.807, 2.05) is 18.2 Å². The summed E-state index contributed by atoms with van der Waals surface area (Å²) in [6, 6.07) is 8.74. The van der Waals surface area contributed by atoms with Crippen LogP contribution in [-0.2, 0) is 14.4 Å². The number of fused-ring (bicyclic) bond motifs is 5. The molecule has 4 aliphatic rings. The Bertz CT molecular complexity index is 1330. The van der Waals surface area contributed by atoms with E-state index in [0.717, 1.165) is 37.5 Å². The number of carbonyl (C=O) groups excluding carboxylic acids is 1. The van der Waals surface area contributed by atoms with Gasteiger partial charge in [0.15, 0.2) is 12.3 Å². The molecule has 5 atom stereocenters. The fourth-order valence-corrected chi connectivity index (χ4v) is 8.15. The summed E-state index contributed by atoms with van der Waals surface area (Å²) in [5.74, 6) is -0.533. The van der Waals surface area contributed by atoms with Gasteiger partial charge in [-0.25, -0.2) is 9.78 Å². The zero-order chi connectivity index (χ0) is 27.1. The van der Waals surface area contributed by atoms with Crippen LogP contribution in [0.15, 0.2) is 34.2 Å². The Kier molecular flexibility index (Phi) is 7.14. The maximum Gasteiger partial charge on any atom is 0.360 e. The molecule has 2 aliphatic heterocycles. The highest BCUT2D eigenvalue weighted by atomic mass is 16.6. The fraction of sp³-hybridized carbons (Fsp3) is 0.621. The third-order valence-corrected chi connectivity index (χ3v) is 9.48. The van der Waals surface area contributed by atoms with E-state index in [9.17, 15) is 19.5 Å². The maximum atomic E-state index is 14.0. The van der Waals surface area contributed by atoms with E-state index in [-0.39, 0.29) is 11.7 Å². The van der Waals surface area contributed by atoms with Crippen molar-refractivity contribution >= 4 is 28.6 Å². The van der Waals surface area contributed by atoms with Gasteiger partial charge < -0.3 is 20.2 Å². The van der Waals surface area contributed by atoms with Gasteiger partial charge in [-0.05, 0) is 68.9 Å². The Labute approximate surface area is 227 Å². The zero-order valence-electron chi connectivity index (χ0n) is 22.2. The number of piperidine rings is 2. The number of benzene rings is 1. The van der Waals surface area contributed by atoms with Crippen molar-refractivity contribution in [2.45, 2.75) is 94.8 Å². The Hall–Kier alpha value is -3.27. The lowest BCUT2D eigenvalue weighted by Gasteiger charge is -2.55. The number of carboxylic acid groups (broad SMARTS) is 1. The first kappa shape index (κ1) is 26.0. The van der Waals surface area contributed by atoms with Gasteiger partial charge in [0.2, 0.25) is 5.71 Å². The van der Waals surface area contributed by atoms with E-state index in [4.69, 9.17) is 10.6 Å². The number of nitrogens with two attached hydrogens (primary N) is 1. The van der Waals surface area contributed by atoms with Crippen LogP contribution in [0.4, 0.5) is 0 Å². The largest absolute Gasteiger partial charge is 0.476 e. The second-order valence-corrected chi connectivity index (χ2v) is 11.9. The smallest absolute Gasteiger partial charge is 0.360 e. The summed E-state index contributed by atoms with van der Waals surface area (Å²) >= 11 is 0. The predicted molar refractivity (Wildman–Crippen MR) is 145 cm³/mol. The molecule has 10 heteroatoms. The molecule has 208 valence electrons. The lowest BCUT2D eigenvalue weighted by atomic mass is 9.68. The van der Waals surface area contributed by atoms with Crippen molar-refractivity contribution in [3.8, 4) is 0 Å². The van der Waals surface area contributed by atoms with Crippen molar-refractivity contribution in [1.82, 2.24) is 14.5 Å². The average Bonchev–Trinajstić information content (AvgIpc) is 2.90. The van der Waals surface area contributed by atoms with Crippen LogP contribution in [0.2, 0.25) is 0 Å². The molecule has 0 spiro atoms. The highest BCUT2D eigenvalue weighted by Gasteiger charge is 2.45. The van der Waals surface area contributed by atoms with Gasteiger partial charge >= 0.3 is 5.97 Å². The molecule has 2 saturated carbocycles. The first-order valence-electron chi connectivity index (χ1n) is 14.4. The fourth-order valence-electron chi connectivity index (χ4n) is 8.15. The molecule has 10 nitrogen and oxygen atoms in total. The van der Waals surface area contributed by atoms with Gasteiger partial charge in [-0.15, -0.1) is 0 Å². The SMILES string of the molecule is NC(=O)CO/N=C(\C(=O)O)c1nc2ccccc2n(C2C[C@H]3CCC[C@@H](C2)N3C2CC3CCCC(C3)C2)c1=O. The number of primary amides is 1. The molecule has 3 heterocycles. The van der Waals surface area contributed by atoms with Gasteiger partial charge in [0.1, 0.15) is 0 Å². The quantitative estimate of drug-likeness (QED) is 0.410. The van der Waals surface area contributed by atoms with Crippen LogP contribution in [0, 0.1) is 11.8 Å². The van der Waals surface area contributed by atoms with E-state index in [0.29, 0.717) is 29.2 Å². The van der Waals surface area contributed by atoms with Gasteiger partial charge in [-0.1, -0.05) is 43.0 Å². The van der Waals surface area contributed by atoms with Gasteiger partial charge in [-0.3, -0.25) is 14.5 Å². The molecule has 39 heavy (non-hydrogen) atoms. The molecular formula is C29H37N5O5. The monoisotopic (exact) mass is 535 g/mol. The maximum absolute atomic E-state index is 14.0. The Morgan fingerprint density at radius 3 is 2.28 bits per heavy atom. The molecule has 4 bridgehead atoms. The molecule has 1 aromatic carbocycles. The van der Waals surface area contributed by atoms with Crippen molar-refractivity contribution in [3.63, 3.8) is 0 Å². The first-order chi connectivity index (χ1) is 18.9. The van der Waals surface area contributed by atoms with Crippen LogP contribution in [0.3, 0.4) is 0 Å². The molecule has 3 unspecified atom stereocenters. The second-order valence-electron chi connectivity index (χ2n) is 11.9. The molecule has 4 fully saturated rings. The lowest BCUT2D eigenvalue weighted by Crippen LogP contribution is -2.58. The van der Waals surface area contributed by atoms with E-state index in [2.05, 4.69) is 15.0 Å². The number of carbonyl (C=O) groups is 2. The van der Waals surface area contributed by atoms with Crippen LogP contribution in [-0.4, -0.2) is 61.9 Å². The molecule has 1 aromatic heterocycles. The first-order valence-corrected chi connectivity index (χ1v) is 14.4. The number of para-hydroxylation sites is 2. The number of amides is 1. The van der Waals surface area contributed by atoms with Crippen LogP contribution in [0.5, 0.6) is 0 Å². The van der Waals surface area contributed by atoms with Gasteiger partial charge in [-0.2, -0.15) is 0 Å². The highest BCUT2D eigenvalue weighted by Crippen LogP contribution is 2.47. The van der Waals surface area contributed by atoms with Crippen LogP contribution >= 0.6 is 0 Å². The highest BCUT2D eigenvalue weighted by molar-refractivity contribution is 6.41. The normalized spacial score (nSPS) is 31.1.